The number of rotatable bonds is 7. The Balaban J connectivity index is 1.93. The van der Waals surface area contributed by atoms with Gasteiger partial charge in [-0.15, -0.1) is 0 Å². The molecule has 0 saturated heterocycles. The standard InChI is InChI=1S/C26H35O3P/c1-19(2)24-16-14-20(3)18-25(24)29-30(28,23-12-6-5-7-13-23)26(27)17-15-22-11-9-8-10-21(22)4/h5-13,15,17,19-20,24-27H,14,16,18H2,1-4H3/b17-15+/t20-,24+,25-,26?,30?/m1/s1. The molecule has 0 spiro atoms. The van der Waals surface area contributed by atoms with E-state index in [1.807, 2.05) is 67.6 Å². The molecular formula is C26H35O3P. The Labute approximate surface area is 181 Å². The zero-order valence-electron chi connectivity index (χ0n) is 18.6. The number of aliphatic hydroxyl groups is 1. The highest BCUT2D eigenvalue weighted by Crippen LogP contribution is 2.54. The van der Waals surface area contributed by atoms with Crippen molar-refractivity contribution in [2.24, 2.45) is 17.8 Å². The first-order valence-electron chi connectivity index (χ1n) is 11.1. The van der Waals surface area contributed by atoms with Crippen LogP contribution in [-0.4, -0.2) is 17.1 Å². The summed E-state index contributed by atoms with van der Waals surface area (Å²) < 4.78 is 20.7. The summed E-state index contributed by atoms with van der Waals surface area (Å²) in [6, 6.07) is 17.2. The Morgan fingerprint density at radius 2 is 1.73 bits per heavy atom. The molecule has 3 rings (SSSR count). The molecule has 0 heterocycles. The normalized spacial score (nSPS) is 25.3. The van der Waals surface area contributed by atoms with Gasteiger partial charge in [-0.1, -0.05) is 75.7 Å². The number of aryl methyl sites for hydroxylation is 1. The highest BCUT2D eigenvalue weighted by Gasteiger charge is 2.41. The third kappa shape index (κ3) is 5.32. The molecule has 1 N–H and O–H groups in total. The molecule has 5 atom stereocenters. The molecule has 3 nitrogen and oxygen atoms in total. The maximum Gasteiger partial charge on any atom is 0.263 e. The molecule has 0 aromatic heterocycles. The summed E-state index contributed by atoms with van der Waals surface area (Å²) in [5.74, 6) is 0.149. The second-order valence-corrected chi connectivity index (χ2v) is 11.5. The van der Waals surface area contributed by atoms with Crippen molar-refractivity contribution in [2.75, 3.05) is 0 Å². The Morgan fingerprint density at radius 1 is 1.07 bits per heavy atom. The number of hydrogen-bond donors (Lipinski definition) is 1. The Morgan fingerprint density at radius 3 is 2.40 bits per heavy atom. The Bertz CT molecular complexity index is 890. The molecule has 0 bridgehead atoms. The van der Waals surface area contributed by atoms with Gasteiger partial charge in [-0.25, -0.2) is 0 Å². The van der Waals surface area contributed by atoms with E-state index >= 15 is 0 Å². The first-order valence-corrected chi connectivity index (χ1v) is 12.8. The van der Waals surface area contributed by atoms with Crippen LogP contribution in [0.25, 0.3) is 6.08 Å². The topological polar surface area (TPSA) is 46.5 Å². The minimum Gasteiger partial charge on any atom is -0.378 e. The minimum absolute atomic E-state index is 0.110. The van der Waals surface area contributed by atoms with Gasteiger partial charge in [0.2, 0.25) is 0 Å². The van der Waals surface area contributed by atoms with Crippen LogP contribution in [0.3, 0.4) is 0 Å². The molecule has 2 aromatic carbocycles. The van der Waals surface area contributed by atoms with Crippen LogP contribution in [0.15, 0.2) is 60.7 Å². The molecule has 0 radical (unpaired) electrons. The van der Waals surface area contributed by atoms with E-state index in [0.29, 0.717) is 23.1 Å². The van der Waals surface area contributed by atoms with Gasteiger partial charge in [-0.05, 0) is 66.9 Å². The van der Waals surface area contributed by atoms with Gasteiger partial charge in [0.25, 0.3) is 7.37 Å². The van der Waals surface area contributed by atoms with Crippen LogP contribution < -0.4 is 5.30 Å². The summed E-state index contributed by atoms with van der Waals surface area (Å²) in [5.41, 5.74) is 2.11. The molecule has 1 aliphatic carbocycles. The summed E-state index contributed by atoms with van der Waals surface area (Å²) in [6.45, 7) is 8.67. The summed E-state index contributed by atoms with van der Waals surface area (Å²) >= 11 is 0. The maximum absolute atomic E-state index is 14.2. The third-order valence-electron chi connectivity index (χ3n) is 6.35. The first-order chi connectivity index (χ1) is 14.3. The van der Waals surface area contributed by atoms with Gasteiger partial charge in [0.1, 0.15) is 0 Å². The molecule has 1 fully saturated rings. The molecule has 0 amide bonds. The fourth-order valence-corrected chi connectivity index (χ4v) is 6.52. The fraction of sp³-hybridized carbons (Fsp3) is 0.462. The Kier molecular flexibility index (Phi) is 7.74. The second-order valence-electron chi connectivity index (χ2n) is 9.03. The van der Waals surface area contributed by atoms with Crippen molar-refractivity contribution in [2.45, 2.75) is 58.9 Å². The lowest BCUT2D eigenvalue weighted by Crippen LogP contribution is -2.35. The highest BCUT2D eigenvalue weighted by atomic mass is 31.2. The van der Waals surface area contributed by atoms with Crippen LogP contribution in [-0.2, 0) is 9.09 Å². The average Bonchev–Trinajstić information content (AvgIpc) is 2.73. The minimum atomic E-state index is -3.52. The van der Waals surface area contributed by atoms with Crippen LogP contribution in [0.1, 0.15) is 51.2 Å². The number of aliphatic hydroxyl groups excluding tert-OH is 1. The van der Waals surface area contributed by atoms with Gasteiger partial charge in [-0.3, -0.25) is 4.57 Å². The van der Waals surface area contributed by atoms with E-state index in [9.17, 15) is 9.67 Å². The summed E-state index contributed by atoms with van der Waals surface area (Å²) in [5, 5.41) is 11.7. The van der Waals surface area contributed by atoms with Crippen molar-refractivity contribution in [3.63, 3.8) is 0 Å². The van der Waals surface area contributed by atoms with Crippen molar-refractivity contribution in [1.29, 1.82) is 0 Å². The monoisotopic (exact) mass is 426 g/mol. The molecule has 162 valence electrons. The van der Waals surface area contributed by atoms with Crippen LogP contribution >= 0.6 is 7.37 Å². The molecular weight excluding hydrogens is 391 g/mol. The van der Waals surface area contributed by atoms with E-state index in [1.54, 1.807) is 6.08 Å². The molecule has 2 aromatic rings. The van der Waals surface area contributed by atoms with Crippen molar-refractivity contribution in [3.05, 3.63) is 71.8 Å². The summed E-state index contributed by atoms with van der Waals surface area (Å²) in [4.78, 5) is 0. The number of hydrogen-bond acceptors (Lipinski definition) is 3. The SMILES string of the molecule is Cc1ccccc1/C=C/C(O)P(=O)(O[C@@H]1C[C@H](C)CC[C@H]1C(C)C)c1ccccc1. The van der Waals surface area contributed by atoms with Gasteiger partial charge in [0.15, 0.2) is 5.85 Å². The van der Waals surface area contributed by atoms with E-state index in [1.165, 1.54) is 6.42 Å². The van der Waals surface area contributed by atoms with Crippen LogP contribution in [0, 0.1) is 24.7 Å². The maximum atomic E-state index is 14.2. The summed E-state index contributed by atoms with van der Waals surface area (Å²) in [7, 11) is -3.52. The van der Waals surface area contributed by atoms with Gasteiger partial charge in [-0.2, -0.15) is 0 Å². The first kappa shape index (κ1) is 23.0. The lowest BCUT2D eigenvalue weighted by molar-refractivity contribution is 0.0448. The average molecular weight is 427 g/mol. The molecule has 30 heavy (non-hydrogen) atoms. The lowest BCUT2D eigenvalue weighted by Gasteiger charge is -2.39. The van der Waals surface area contributed by atoms with Crippen molar-refractivity contribution in [3.8, 4) is 0 Å². The second kappa shape index (κ2) is 10.1. The molecule has 2 unspecified atom stereocenters. The predicted molar refractivity (Wildman–Crippen MR) is 126 cm³/mol. The van der Waals surface area contributed by atoms with E-state index in [2.05, 4.69) is 20.8 Å². The fourth-order valence-electron chi connectivity index (χ4n) is 4.43. The van der Waals surface area contributed by atoms with Crippen molar-refractivity contribution in [1.82, 2.24) is 0 Å². The van der Waals surface area contributed by atoms with Crippen LogP contribution in [0.5, 0.6) is 0 Å². The third-order valence-corrected chi connectivity index (χ3v) is 8.82. The zero-order chi connectivity index (χ0) is 21.7. The van der Waals surface area contributed by atoms with E-state index in [-0.39, 0.29) is 6.10 Å². The van der Waals surface area contributed by atoms with Gasteiger partial charge in [0.05, 0.1) is 6.10 Å². The van der Waals surface area contributed by atoms with Crippen molar-refractivity contribution >= 4 is 18.7 Å². The lowest BCUT2D eigenvalue weighted by atomic mass is 9.75. The largest absolute Gasteiger partial charge is 0.378 e. The van der Waals surface area contributed by atoms with Crippen molar-refractivity contribution < 1.29 is 14.2 Å². The van der Waals surface area contributed by atoms with Gasteiger partial charge < -0.3 is 9.63 Å². The molecule has 1 saturated carbocycles. The highest BCUT2D eigenvalue weighted by molar-refractivity contribution is 7.67. The van der Waals surface area contributed by atoms with E-state index in [4.69, 9.17) is 4.52 Å². The van der Waals surface area contributed by atoms with E-state index < -0.39 is 13.2 Å². The summed E-state index contributed by atoms with van der Waals surface area (Å²) in [6.07, 6.45) is 6.51. The van der Waals surface area contributed by atoms with Crippen LogP contribution in [0.4, 0.5) is 0 Å². The predicted octanol–water partition coefficient (Wildman–Crippen LogP) is 6.41. The Hall–Kier alpha value is -1.67. The van der Waals surface area contributed by atoms with E-state index in [0.717, 1.165) is 24.0 Å². The molecule has 0 aliphatic heterocycles. The van der Waals surface area contributed by atoms with Gasteiger partial charge >= 0.3 is 0 Å². The van der Waals surface area contributed by atoms with Crippen LogP contribution in [0.2, 0.25) is 0 Å². The number of benzene rings is 2. The van der Waals surface area contributed by atoms with Gasteiger partial charge in [0, 0.05) is 5.30 Å². The molecule has 4 heteroatoms. The smallest absolute Gasteiger partial charge is 0.263 e. The quantitative estimate of drug-likeness (QED) is 0.521. The molecule has 1 aliphatic rings. The zero-order valence-corrected chi connectivity index (χ0v) is 19.5.